The third-order valence-corrected chi connectivity index (χ3v) is 3.47. The number of rotatable bonds is 4. The summed E-state index contributed by atoms with van der Waals surface area (Å²) in [6, 6.07) is -0.511. The number of amides is 1. The first-order valence-corrected chi connectivity index (χ1v) is 7.41. The molecule has 1 aliphatic heterocycles. The van der Waals surface area contributed by atoms with Gasteiger partial charge in [-0.2, -0.15) is 0 Å². The lowest BCUT2D eigenvalue weighted by molar-refractivity contribution is -0.134. The minimum absolute atomic E-state index is 0.0216. The van der Waals surface area contributed by atoms with Gasteiger partial charge in [-0.15, -0.1) is 0 Å². The lowest BCUT2D eigenvalue weighted by Crippen LogP contribution is -2.55. The van der Waals surface area contributed by atoms with Crippen molar-refractivity contribution in [2.24, 2.45) is 5.92 Å². The first kappa shape index (κ1) is 17.0. The minimum atomic E-state index is -0.558. The molecule has 1 rings (SSSR count). The highest BCUT2D eigenvalue weighted by Crippen LogP contribution is 2.20. The maximum atomic E-state index is 12.5. The zero-order chi connectivity index (χ0) is 15.3. The fourth-order valence-corrected chi connectivity index (χ4v) is 2.34. The average molecular weight is 285 g/mol. The number of ether oxygens (including phenoxy) is 2. The van der Waals surface area contributed by atoms with Gasteiger partial charge in [0.05, 0.1) is 13.2 Å². The van der Waals surface area contributed by atoms with Crippen LogP contribution in [0.15, 0.2) is 0 Å². The van der Waals surface area contributed by atoms with E-state index in [0.717, 1.165) is 12.8 Å². The molecule has 20 heavy (non-hydrogen) atoms. The molecule has 1 unspecified atom stereocenters. The van der Waals surface area contributed by atoms with E-state index in [0.29, 0.717) is 13.2 Å². The summed E-state index contributed by atoms with van der Waals surface area (Å²) in [5.41, 5.74) is -0.558. The average Bonchev–Trinajstić information content (AvgIpc) is 2.38. The van der Waals surface area contributed by atoms with Crippen LogP contribution in [0.1, 0.15) is 47.5 Å². The van der Waals surface area contributed by atoms with Crippen LogP contribution in [-0.2, 0) is 14.3 Å². The summed E-state index contributed by atoms with van der Waals surface area (Å²) >= 11 is 0. The Hall–Kier alpha value is -1.10. The molecule has 1 saturated heterocycles. The van der Waals surface area contributed by atoms with Gasteiger partial charge in [-0.3, -0.25) is 9.69 Å². The number of hydrogen-bond donors (Lipinski definition) is 0. The molecule has 5 nitrogen and oxygen atoms in total. The van der Waals surface area contributed by atoms with Crippen LogP contribution >= 0.6 is 0 Å². The van der Waals surface area contributed by atoms with Crippen LogP contribution in [-0.4, -0.2) is 48.2 Å². The zero-order valence-electron chi connectivity index (χ0n) is 13.3. The zero-order valence-corrected chi connectivity index (χ0v) is 13.3. The van der Waals surface area contributed by atoms with Crippen molar-refractivity contribution < 1.29 is 19.1 Å². The van der Waals surface area contributed by atoms with Gasteiger partial charge in [0, 0.05) is 12.5 Å². The second-order valence-electron chi connectivity index (χ2n) is 6.18. The molecule has 0 spiro atoms. The maximum absolute atomic E-state index is 12.5. The smallest absolute Gasteiger partial charge is 0.411 e. The largest absolute Gasteiger partial charge is 0.444 e. The molecule has 0 aromatic heterocycles. The summed E-state index contributed by atoms with van der Waals surface area (Å²) in [6.45, 7) is 10.6. The highest BCUT2D eigenvalue weighted by Gasteiger charge is 2.37. The molecule has 1 amide bonds. The van der Waals surface area contributed by atoms with E-state index in [1.165, 1.54) is 4.90 Å². The van der Waals surface area contributed by atoms with Gasteiger partial charge in [0.2, 0.25) is 0 Å². The SMILES string of the molecule is CCC(CC)C(=O)C1COCCN1C(=O)OC(C)(C)C. The van der Waals surface area contributed by atoms with Crippen LogP contribution in [0.4, 0.5) is 4.79 Å². The minimum Gasteiger partial charge on any atom is -0.444 e. The number of Topliss-reactive ketones (excluding diaryl/α,β-unsaturated/α-hetero) is 1. The summed E-state index contributed by atoms with van der Waals surface area (Å²) in [5, 5.41) is 0. The first-order valence-electron chi connectivity index (χ1n) is 7.41. The van der Waals surface area contributed by atoms with E-state index in [-0.39, 0.29) is 18.3 Å². The lowest BCUT2D eigenvalue weighted by atomic mass is 9.92. The van der Waals surface area contributed by atoms with Crippen LogP contribution in [0.5, 0.6) is 0 Å². The van der Waals surface area contributed by atoms with Gasteiger partial charge in [-0.1, -0.05) is 13.8 Å². The van der Waals surface area contributed by atoms with E-state index in [9.17, 15) is 9.59 Å². The van der Waals surface area contributed by atoms with Gasteiger partial charge in [0.1, 0.15) is 11.6 Å². The quantitative estimate of drug-likeness (QED) is 0.796. The van der Waals surface area contributed by atoms with Crippen LogP contribution in [0.3, 0.4) is 0 Å². The molecule has 0 aromatic carbocycles. The third kappa shape index (κ3) is 4.47. The van der Waals surface area contributed by atoms with Crippen molar-refractivity contribution in [2.45, 2.75) is 59.1 Å². The number of carbonyl (C=O) groups excluding carboxylic acids is 2. The van der Waals surface area contributed by atoms with E-state index in [1.807, 2.05) is 34.6 Å². The molecule has 1 aliphatic rings. The van der Waals surface area contributed by atoms with Crippen molar-refractivity contribution in [2.75, 3.05) is 19.8 Å². The van der Waals surface area contributed by atoms with Gasteiger partial charge in [-0.25, -0.2) is 4.79 Å². The van der Waals surface area contributed by atoms with E-state index in [4.69, 9.17) is 9.47 Å². The molecule has 116 valence electrons. The third-order valence-electron chi connectivity index (χ3n) is 3.47. The summed E-state index contributed by atoms with van der Waals surface area (Å²) in [6.07, 6.45) is 1.15. The number of hydrogen-bond acceptors (Lipinski definition) is 4. The van der Waals surface area contributed by atoms with E-state index < -0.39 is 17.7 Å². The molecule has 1 heterocycles. The van der Waals surface area contributed by atoms with Gasteiger partial charge in [0.15, 0.2) is 5.78 Å². The standard InChI is InChI=1S/C15H27NO4/c1-6-11(7-2)13(17)12-10-19-9-8-16(12)14(18)20-15(3,4)5/h11-12H,6-10H2,1-5H3. The van der Waals surface area contributed by atoms with Gasteiger partial charge >= 0.3 is 6.09 Å². The molecule has 0 radical (unpaired) electrons. The van der Waals surface area contributed by atoms with Crippen molar-refractivity contribution in [3.05, 3.63) is 0 Å². The Labute approximate surface area is 121 Å². The maximum Gasteiger partial charge on any atom is 0.411 e. The molecule has 1 atom stereocenters. The second-order valence-corrected chi connectivity index (χ2v) is 6.18. The molecular formula is C15H27NO4. The molecule has 0 aliphatic carbocycles. The number of morpholine rings is 1. The van der Waals surface area contributed by atoms with E-state index in [2.05, 4.69) is 0 Å². The molecule has 0 bridgehead atoms. The topological polar surface area (TPSA) is 55.8 Å². The molecular weight excluding hydrogens is 258 g/mol. The normalized spacial score (nSPS) is 20.1. The van der Waals surface area contributed by atoms with Crippen molar-refractivity contribution in [3.63, 3.8) is 0 Å². The first-order chi connectivity index (χ1) is 9.30. The molecule has 0 saturated carbocycles. The van der Waals surface area contributed by atoms with Gasteiger partial charge < -0.3 is 9.47 Å². The number of nitrogens with zero attached hydrogens (tertiary/aromatic N) is 1. The van der Waals surface area contributed by atoms with Crippen molar-refractivity contribution in [3.8, 4) is 0 Å². The monoisotopic (exact) mass is 285 g/mol. The van der Waals surface area contributed by atoms with Crippen molar-refractivity contribution in [1.29, 1.82) is 0 Å². The molecule has 0 aromatic rings. The highest BCUT2D eigenvalue weighted by atomic mass is 16.6. The fraction of sp³-hybridized carbons (Fsp3) is 0.867. The predicted octanol–water partition coefficient (Wildman–Crippen LogP) is 2.63. The van der Waals surface area contributed by atoms with Crippen LogP contribution in [0.25, 0.3) is 0 Å². The Balaban J connectivity index is 2.81. The Kier molecular flexibility index (Phi) is 5.99. The summed E-state index contributed by atoms with van der Waals surface area (Å²) < 4.78 is 10.8. The van der Waals surface area contributed by atoms with Crippen molar-refractivity contribution >= 4 is 11.9 Å². The van der Waals surface area contributed by atoms with Crippen LogP contribution < -0.4 is 0 Å². The van der Waals surface area contributed by atoms with Crippen LogP contribution in [0, 0.1) is 5.92 Å². The lowest BCUT2D eigenvalue weighted by Gasteiger charge is -2.36. The Morgan fingerprint density at radius 1 is 1.30 bits per heavy atom. The molecule has 1 fully saturated rings. The van der Waals surface area contributed by atoms with Crippen molar-refractivity contribution in [1.82, 2.24) is 4.90 Å². The summed E-state index contributed by atoms with van der Waals surface area (Å²) in [5.74, 6) is 0.0622. The van der Waals surface area contributed by atoms with E-state index >= 15 is 0 Å². The predicted molar refractivity (Wildman–Crippen MR) is 76.6 cm³/mol. The molecule has 5 heteroatoms. The highest BCUT2D eigenvalue weighted by molar-refractivity contribution is 5.89. The number of ketones is 1. The Bertz CT molecular complexity index is 344. The fourth-order valence-electron chi connectivity index (χ4n) is 2.34. The molecule has 0 N–H and O–H groups in total. The number of carbonyl (C=O) groups is 2. The summed E-state index contributed by atoms with van der Waals surface area (Å²) in [4.78, 5) is 26.3. The van der Waals surface area contributed by atoms with Crippen LogP contribution in [0.2, 0.25) is 0 Å². The van der Waals surface area contributed by atoms with E-state index in [1.54, 1.807) is 0 Å². The summed E-state index contributed by atoms with van der Waals surface area (Å²) in [7, 11) is 0. The Morgan fingerprint density at radius 3 is 2.40 bits per heavy atom. The Morgan fingerprint density at radius 2 is 1.90 bits per heavy atom. The second kappa shape index (κ2) is 7.07. The van der Waals surface area contributed by atoms with Gasteiger partial charge in [0.25, 0.3) is 0 Å². The van der Waals surface area contributed by atoms with Gasteiger partial charge in [-0.05, 0) is 33.6 Å².